The Labute approximate surface area is 376 Å². The van der Waals surface area contributed by atoms with Gasteiger partial charge in [0.2, 0.25) is 0 Å². The van der Waals surface area contributed by atoms with Crippen LogP contribution < -0.4 is 4.90 Å². The SMILES string of the molecule is CC1(c2ccccc2)c2cccc3c2-c2c1ccc1c4ccc(-c5cccc(-c6cccc(N(c7ccccc7)c7ccc8c(c7)oc7ccccc78)c6)c5)cc4n(c21)-c1ccccc1-3. The third kappa shape index (κ3) is 5.12. The maximum absolute atomic E-state index is 6.37. The van der Waals surface area contributed by atoms with Gasteiger partial charge in [0.15, 0.2) is 0 Å². The number of hydrogen-bond donors (Lipinski definition) is 0. The summed E-state index contributed by atoms with van der Waals surface area (Å²) < 4.78 is 8.94. The van der Waals surface area contributed by atoms with Gasteiger partial charge in [0.05, 0.1) is 16.7 Å². The molecule has 2 aromatic heterocycles. The molecule has 3 heteroatoms. The zero-order valence-electron chi connectivity index (χ0n) is 35.7. The second kappa shape index (κ2) is 13.6. The molecule has 0 saturated carbocycles. The van der Waals surface area contributed by atoms with Crippen LogP contribution in [0, 0.1) is 0 Å². The molecule has 0 fully saturated rings. The van der Waals surface area contributed by atoms with Gasteiger partial charge in [-0.1, -0.05) is 158 Å². The first-order valence-electron chi connectivity index (χ1n) is 22.5. The lowest BCUT2D eigenvalue weighted by Gasteiger charge is -2.29. The van der Waals surface area contributed by atoms with Crippen molar-refractivity contribution in [3.8, 4) is 50.2 Å². The fraction of sp³-hybridized carbons (Fsp3) is 0.0323. The molecule has 14 rings (SSSR count). The number of rotatable bonds is 6. The van der Waals surface area contributed by atoms with Crippen molar-refractivity contribution in [2.75, 3.05) is 4.90 Å². The van der Waals surface area contributed by atoms with Crippen LogP contribution in [0.5, 0.6) is 0 Å². The summed E-state index contributed by atoms with van der Waals surface area (Å²) in [4.78, 5) is 2.32. The number of nitrogens with zero attached hydrogens (tertiary/aromatic N) is 2. The van der Waals surface area contributed by atoms with Gasteiger partial charge in [0.1, 0.15) is 11.2 Å². The van der Waals surface area contributed by atoms with Gasteiger partial charge < -0.3 is 13.9 Å². The molecule has 3 nitrogen and oxygen atoms in total. The number of para-hydroxylation sites is 3. The van der Waals surface area contributed by atoms with Crippen molar-refractivity contribution >= 4 is 60.8 Å². The Morgan fingerprint density at radius 3 is 1.88 bits per heavy atom. The van der Waals surface area contributed by atoms with Crippen molar-refractivity contribution in [1.29, 1.82) is 0 Å². The van der Waals surface area contributed by atoms with E-state index >= 15 is 0 Å². The molecular formula is C62H40N2O. The predicted octanol–water partition coefficient (Wildman–Crippen LogP) is 16.8. The van der Waals surface area contributed by atoms with E-state index in [1.807, 2.05) is 12.1 Å². The fourth-order valence-electron chi connectivity index (χ4n) is 11.4. The van der Waals surface area contributed by atoms with E-state index in [9.17, 15) is 0 Å². The van der Waals surface area contributed by atoms with Gasteiger partial charge >= 0.3 is 0 Å². The highest BCUT2D eigenvalue weighted by Crippen LogP contribution is 2.60. The van der Waals surface area contributed by atoms with E-state index < -0.39 is 0 Å². The molecule has 12 aromatic rings. The molecule has 1 unspecified atom stereocenters. The molecule has 0 saturated heterocycles. The molecule has 1 aliphatic heterocycles. The van der Waals surface area contributed by atoms with Gasteiger partial charge in [-0.3, -0.25) is 0 Å². The Hall–Kier alpha value is -8.40. The van der Waals surface area contributed by atoms with Crippen molar-refractivity contribution < 1.29 is 4.42 Å². The molecule has 65 heavy (non-hydrogen) atoms. The minimum Gasteiger partial charge on any atom is -0.456 e. The van der Waals surface area contributed by atoms with E-state index in [0.717, 1.165) is 50.1 Å². The van der Waals surface area contributed by atoms with Crippen LogP contribution in [0.2, 0.25) is 0 Å². The summed E-state index contributed by atoms with van der Waals surface area (Å²) in [7, 11) is 0. The highest BCUT2D eigenvalue weighted by molar-refractivity contribution is 6.19. The Bertz CT molecular complexity index is 3910. The maximum Gasteiger partial charge on any atom is 0.137 e. The highest BCUT2D eigenvalue weighted by atomic mass is 16.3. The Kier molecular flexibility index (Phi) is 7.53. The number of furan rings is 1. The second-order valence-electron chi connectivity index (χ2n) is 17.8. The summed E-state index contributed by atoms with van der Waals surface area (Å²) >= 11 is 0. The summed E-state index contributed by atoms with van der Waals surface area (Å²) in [6, 6.07) is 82.2. The second-order valence-corrected chi connectivity index (χ2v) is 17.8. The first-order valence-corrected chi connectivity index (χ1v) is 22.5. The van der Waals surface area contributed by atoms with Crippen molar-refractivity contribution in [1.82, 2.24) is 4.57 Å². The van der Waals surface area contributed by atoms with Gasteiger partial charge in [-0.15, -0.1) is 0 Å². The third-order valence-corrected chi connectivity index (χ3v) is 14.4. The molecule has 304 valence electrons. The van der Waals surface area contributed by atoms with E-state index in [0.29, 0.717) is 0 Å². The standard InChI is InChI=1S/C62H40N2O/c1-62(43-18-4-2-5-19-43)53-26-14-25-51-47-23-8-10-27-55(47)64-56-37-42(29-31-48(56)52-33-34-54(62)60(59(51)53)61(52)64)40-16-12-15-39(35-40)41-17-13-22-45(36-41)63(44-20-6-3-7-21-44)46-30-32-50-49-24-9-11-28-57(49)65-58(50)38-46/h2-38H,1H3. The molecule has 0 spiro atoms. The largest absolute Gasteiger partial charge is 0.456 e. The average Bonchev–Trinajstić information content (AvgIpc) is 3.97. The summed E-state index contributed by atoms with van der Waals surface area (Å²) in [5.41, 5.74) is 22.4. The van der Waals surface area contributed by atoms with E-state index in [2.05, 4.69) is 229 Å². The van der Waals surface area contributed by atoms with Crippen LogP contribution in [-0.2, 0) is 5.41 Å². The van der Waals surface area contributed by atoms with Gasteiger partial charge in [-0.25, -0.2) is 0 Å². The smallest absolute Gasteiger partial charge is 0.137 e. The number of aromatic nitrogens is 1. The number of hydrogen-bond acceptors (Lipinski definition) is 2. The van der Waals surface area contributed by atoms with E-state index in [-0.39, 0.29) is 5.41 Å². The average molecular weight is 829 g/mol. The maximum atomic E-state index is 6.37. The molecule has 10 aromatic carbocycles. The lowest BCUT2D eigenvalue weighted by molar-refractivity contribution is 0.669. The third-order valence-electron chi connectivity index (χ3n) is 14.4. The van der Waals surface area contributed by atoms with Crippen molar-refractivity contribution in [2.45, 2.75) is 12.3 Å². The molecule has 0 N–H and O–H groups in total. The van der Waals surface area contributed by atoms with Crippen molar-refractivity contribution in [3.63, 3.8) is 0 Å². The summed E-state index contributed by atoms with van der Waals surface area (Å²) in [6.45, 7) is 2.42. The van der Waals surface area contributed by atoms with Crippen molar-refractivity contribution in [2.24, 2.45) is 0 Å². The van der Waals surface area contributed by atoms with Crippen LogP contribution in [0.3, 0.4) is 0 Å². The van der Waals surface area contributed by atoms with Gasteiger partial charge in [-0.05, 0) is 118 Å². The number of anilines is 3. The number of fused-ring (bicyclic) bond motifs is 9. The van der Waals surface area contributed by atoms with E-state index in [1.165, 1.54) is 77.6 Å². The minimum absolute atomic E-state index is 0.285. The first kappa shape index (κ1) is 36.1. The van der Waals surface area contributed by atoms with Crippen LogP contribution in [0.4, 0.5) is 17.1 Å². The molecular weight excluding hydrogens is 789 g/mol. The predicted molar refractivity (Wildman–Crippen MR) is 270 cm³/mol. The first-order chi connectivity index (χ1) is 32.1. The summed E-state index contributed by atoms with van der Waals surface area (Å²) in [6.07, 6.45) is 0. The van der Waals surface area contributed by atoms with Gasteiger partial charge in [-0.2, -0.15) is 0 Å². The van der Waals surface area contributed by atoms with Crippen LogP contribution in [0.15, 0.2) is 229 Å². The van der Waals surface area contributed by atoms with Crippen molar-refractivity contribution in [3.05, 3.63) is 241 Å². The quantitative estimate of drug-likeness (QED) is 0.166. The molecule has 1 atom stereocenters. The zero-order valence-corrected chi connectivity index (χ0v) is 35.7. The molecule has 3 heterocycles. The van der Waals surface area contributed by atoms with Gasteiger partial charge in [0.25, 0.3) is 0 Å². The molecule has 0 bridgehead atoms. The van der Waals surface area contributed by atoms with Crippen LogP contribution in [0.25, 0.3) is 93.9 Å². The van der Waals surface area contributed by atoms with Crippen LogP contribution in [-0.4, -0.2) is 4.57 Å². The van der Waals surface area contributed by atoms with Crippen LogP contribution >= 0.6 is 0 Å². The Morgan fingerprint density at radius 2 is 1.02 bits per heavy atom. The minimum atomic E-state index is -0.285. The molecule has 1 aliphatic carbocycles. The topological polar surface area (TPSA) is 21.3 Å². The highest BCUT2D eigenvalue weighted by Gasteiger charge is 2.44. The van der Waals surface area contributed by atoms with Crippen LogP contribution in [0.1, 0.15) is 23.6 Å². The fourth-order valence-corrected chi connectivity index (χ4v) is 11.4. The van der Waals surface area contributed by atoms with E-state index in [4.69, 9.17) is 4.42 Å². The molecule has 2 aliphatic rings. The van der Waals surface area contributed by atoms with Gasteiger partial charge in [0, 0.05) is 61.2 Å². The monoisotopic (exact) mass is 828 g/mol. The normalized spacial score (nSPS) is 14.6. The Morgan fingerprint density at radius 1 is 0.400 bits per heavy atom. The Balaban J connectivity index is 0.915. The van der Waals surface area contributed by atoms with E-state index in [1.54, 1.807) is 0 Å². The molecule has 0 radical (unpaired) electrons. The lowest BCUT2D eigenvalue weighted by atomic mass is 9.74. The molecule has 0 amide bonds. The lowest BCUT2D eigenvalue weighted by Crippen LogP contribution is -2.22. The summed E-state index contributed by atoms with van der Waals surface area (Å²) in [5, 5.41) is 4.80. The summed E-state index contributed by atoms with van der Waals surface area (Å²) in [5.74, 6) is 0. The zero-order chi connectivity index (χ0) is 42.8. The number of benzene rings is 10.